The van der Waals surface area contributed by atoms with Crippen LogP contribution >= 0.6 is 11.6 Å². The second-order valence-electron chi connectivity index (χ2n) is 3.16. The Balaban J connectivity index is 2.79. The second-order valence-corrected chi connectivity index (χ2v) is 3.55. The summed E-state index contributed by atoms with van der Waals surface area (Å²) in [6.45, 7) is 2.00. The van der Waals surface area contributed by atoms with E-state index in [1.54, 1.807) is 12.3 Å². The van der Waals surface area contributed by atoms with Crippen LogP contribution < -0.4 is 4.90 Å². The summed E-state index contributed by atoms with van der Waals surface area (Å²) in [6.07, 6.45) is 2.16. The zero-order valence-corrected chi connectivity index (χ0v) is 8.99. The largest absolute Gasteiger partial charge is 0.371 e. The van der Waals surface area contributed by atoms with E-state index in [1.807, 2.05) is 24.9 Å². The Bertz CT molecular complexity index is 345. The standard InChI is InChI=1S/C10H12ClN3/c1-8(3-5-12)14(2)9-4-6-13-10(11)7-9/h4,6-8H,3H2,1-2H3. The smallest absolute Gasteiger partial charge is 0.131 e. The highest BCUT2D eigenvalue weighted by molar-refractivity contribution is 6.29. The first-order chi connectivity index (χ1) is 6.65. The zero-order valence-electron chi connectivity index (χ0n) is 8.24. The quantitative estimate of drug-likeness (QED) is 0.718. The highest BCUT2D eigenvalue weighted by Gasteiger charge is 2.09. The average molecular weight is 210 g/mol. The first-order valence-corrected chi connectivity index (χ1v) is 4.74. The summed E-state index contributed by atoms with van der Waals surface area (Å²) in [5.74, 6) is 0. The van der Waals surface area contributed by atoms with Gasteiger partial charge in [0, 0.05) is 25.0 Å². The van der Waals surface area contributed by atoms with Gasteiger partial charge < -0.3 is 4.90 Å². The lowest BCUT2D eigenvalue weighted by Crippen LogP contribution is -2.28. The molecule has 0 aliphatic heterocycles. The molecular weight excluding hydrogens is 198 g/mol. The highest BCUT2D eigenvalue weighted by Crippen LogP contribution is 2.18. The molecule has 0 spiro atoms. The summed E-state index contributed by atoms with van der Waals surface area (Å²) in [5, 5.41) is 9.04. The molecule has 0 aromatic carbocycles. The van der Waals surface area contributed by atoms with Gasteiger partial charge >= 0.3 is 0 Å². The average Bonchev–Trinajstić information content (AvgIpc) is 2.17. The van der Waals surface area contributed by atoms with Gasteiger partial charge in [-0.1, -0.05) is 11.6 Å². The molecule has 0 amide bonds. The van der Waals surface area contributed by atoms with E-state index >= 15 is 0 Å². The fourth-order valence-corrected chi connectivity index (χ4v) is 1.30. The lowest BCUT2D eigenvalue weighted by atomic mass is 10.2. The highest BCUT2D eigenvalue weighted by atomic mass is 35.5. The van der Waals surface area contributed by atoms with E-state index in [0.717, 1.165) is 5.69 Å². The second kappa shape index (κ2) is 4.83. The van der Waals surface area contributed by atoms with Crippen molar-refractivity contribution in [1.82, 2.24) is 4.98 Å². The molecule has 0 aliphatic rings. The van der Waals surface area contributed by atoms with Gasteiger partial charge in [0.25, 0.3) is 0 Å². The first kappa shape index (κ1) is 10.8. The maximum atomic E-state index is 8.57. The molecule has 74 valence electrons. The van der Waals surface area contributed by atoms with Gasteiger partial charge in [-0.25, -0.2) is 4.98 Å². The molecule has 1 aromatic heterocycles. The van der Waals surface area contributed by atoms with Crippen molar-refractivity contribution in [2.45, 2.75) is 19.4 Å². The number of aromatic nitrogens is 1. The van der Waals surface area contributed by atoms with Crippen LogP contribution in [0.2, 0.25) is 5.15 Å². The van der Waals surface area contributed by atoms with Crippen molar-refractivity contribution < 1.29 is 0 Å². The van der Waals surface area contributed by atoms with Crippen LogP contribution in [0.15, 0.2) is 18.3 Å². The van der Waals surface area contributed by atoms with Crippen molar-refractivity contribution >= 4 is 17.3 Å². The summed E-state index contributed by atoms with van der Waals surface area (Å²) in [6, 6.07) is 5.98. The Kier molecular flexibility index (Phi) is 3.73. The monoisotopic (exact) mass is 209 g/mol. The van der Waals surface area contributed by atoms with Gasteiger partial charge in [0.05, 0.1) is 12.5 Å². The number of hydrogen-bond acceptors (Lipinski definition) is 3. The number of rotatable bonds is 3. The van der Waals surface area contributed by atoms with Crippen LogP contribution in [0.4, 0.5) is 5.69 Å². The molecule has 0 aliphatic carbocycles. The van der Waals surface area contributed by atoms with Gasteiger partial charge in [0.2, 0.25) is 0 Å². The predicted octanol–water partition coefficient (Wildman–Crippen LogP) is 2.47. The Morgan fingerprint density at radius 1 is 1.71 bits per heavy atom. The van der Waals surface area contributed by atoms with E-state index in [-0.39, 0.29) is 6.04 Å². The molecular formula is C10H12ClN3. The van der Waals surface area contributed by atoms with Gasteiger partial charge in [-0.05, 0) is 19.1 Å². The molecule has 0 saturated carbocycles. The SMILES string of the molecule is CC(CC#N)N(C)c1ccnc(Cl)c1. The third-order valence-electron chi connectivity index (χ3n) is 2.17. The molecule has 0 fully saturated rings. The molecule has 0 radical (unpaired) electrons. The van der Waals surface area contributed by atoms with Crippen molar-refractivity contribution in [2.24, 2.45) is 0 Å². The number of anilines is 1. The van der Waals surface area contributed by atoms with Crippen LogP contribution in [0.3, 0.4) is 0 Å². The fraction of sp³-hybridized carbons (Fsp3) is 0.400. The molecule has 1 atom stereocenters. The molecule has 1 heterocycles. The van der Waals surface area contributed by atoms with Crippen LogP contribution in [0.1, 0.15) is 13.3 Å². The minimum Gasteiger partial charge on any atom is -0.371 e. The fourth-order valence-electron chi connectivity index (χ4n) is 1.14. The topological polar surface area (TPSA) is 39.9 Å². The van der Waals surface area contributed by atoms with Gasteiger partial charge in [-0.15, -0.1) is 0 Å². The van der Waals surface area contributed by atoms with Gasteiger partial charge in [-0.2, -0.15) is 5.26 Å². The molecule has 3 nitrogen and oxygen atoms in total. The van der Waals surface area contributed by atoms with Gasteiger partial charge in [-0.3, -0.25) is 0 Å². The Morgan fingerprint density at radius 2 is 2.43 bits per heavy atom. The minimum atomic E-state index is 0.179. The summed E-state index contributed by atoms with van der Waals surface area (Å²) in [7, 11) is 1.94. The Morgan fingerprint density at radius 3 is 3.00 bits per heavy atom. The number of nitrogens with zero attached hydrogens (tertiary/aromatic N) is 3. The van der Waals surface area contributed by atoms with Crippen LogP contribution in [0, 0.1) is 11.3 Å². The lowest BCUT2D eigenvalue weighted by molar-refractivity contribution is 0.702. The molecule has 0 bridgehead atoms. The number of pyridine rings is 1. The summed E-state index contributed by atoms with van der Waals surface area (Å²) in [5.41, 5.74) is 0.979. The molecule has 4 heteroatoms. The van der Waals surface area contributed by atoms with Crippen molar-refractivity contribution in [3.63, 3.8) is 0 Å². The first-order valence-electron chi connectivity index (χ1n) is 4.36. The summed E-state index contributed by atoms with van der Waals surface area (Å²) < 4.78 is 0. The van der Waals surface area contributed by atoms with E-state index in [4.69, 9.17) is 16.9 Å². The van der Waals surface area contributed by atoms with E-state index in [1.165, 1.54) is 0 Å². The van der Waals surface area contributed by atoms with Crippen LogP contribution in [-0.2, 0) is 0 Å². The third-order valence-corrected chi connectivity index (χ3v) is 2.37. The van der Waals surface area contributed by atoms with Crippen molar-refractivity contribution in [3.05, 3.63) is 23.5 Å². The molecule has 1 unspecified atom stereocenters. The van der Waals surface area contributed by atoms with Crippen LogP contribution in [-0.4, -0.2) is 18.1 Å². The maximum Gasteiger partial charge on any atom is 0.131 e. The molecule has 0 N–H and O–H groups in total. The van der Waals surface area contributed by atoms with E-state index in [2.05, 4.69) is 11.1 Å². The predicted molar refractivity (Wildman–Crippen MR) is 57.3 cm³/mol. The van der Waals surface area contributed by atoms with Crippen LogP contribution in [0.25, 0.3) is 0 Å². The number of nitriles is 1. The van der Waals surface area contributed by atoms with Gasteiger partial charge in [0.15, 0.2) is 0 Å². The Labute approximate surface area is 88.9 Å². The summed E-state index contributed by atoms with van der Waals surface area (Å²) >= 11 is 5.77. The number of hydrogen-bond donors (Lipinski definition) is 0. The van der Waals surface area contributed by atoms with Gasteiger partial charge in [0.1, 0.15) is 5.15 Å². The zero-order chi connectivity index (χ0) is 10.6. The molecule has 1 rings (SSSR count). The normalized spacial score (nSPS) is 11.9. The van der Waals surface area contributed by atoms with E-state index < -0.39 is 0 Å². The van der Waals surface area contributed by atoms with Crippen LogP contribution in [0.5, 0.6) is 0 Å². The lowest BCUT2D eigenvalue weighted by Gasteiger charge is -2.24. The molecule has 0 saturated heterocycles. The number of halogens is 1. The summed E-state index contributed by atoms with van der Waals surface area (Å²) in [4.78, 5) is 5.91. The minimum absolute atomic E-state index is 0.179. The molecule has 14 heavy (non-hydrogen) atoms. The third kappa shape index (κ3) is 2.61. The van der Waals surface area contributed by atoms with Crippen molar-refractivity contribution in [3.8, 4) is 6.07 Å². The maximum absolute atomic E-state index is 8.57. The van der Waals surface area contributed by atoms with E-state index in [9.17, 15) is 0 Å². The molecule has 1 aromatic rings. The van der Waals surface area contributed by atoms with Crippen molar-refractivity contribution in [1.29, 1.82) is 5.26 Å². The van der Waals surface area contributed by atoms with E-state index in [0.29, 0.717) is 11.6 Å². The Hall–Kier alpha value is -1.27. The van der Waals surface area contributed by atoms with Crippen molar-refractivity contribution in [2.75, 3.05) is 11.9 Å².